The number of aromatic carboxylic acids is 1. The van der Waals surface area contributed by atoms with Crippen LogP contribution in [0.4, 0.5) is 0 Å². The van der Waals surface area contributed by atoms with Gasteiger partial charge in [0.1, 0.15) is 12.4 Å². The number of hydrogen-bond acceptors (Lipinski definition) is 2. The molecule has 4 rings (SSSR count). The number of carbonyl (C=O) groups is 1. The fraction of sp³-hybridized carbons (Fsp3) is 0.480. The van der Waals surface area contributed by atoms with Crippen molar-refractivity contribution >= 4 is 5.97 Å². The van der Waals surface area contributed by atoms with Crippen molar-refractivity contribution in [2.24, 2.45) is 0 Å². The Hall–Kier alpha value is -2.29. The molecule has 2 aromatic rings. The third kappa shape index (κ3) is 2.67. The van der Waals surface area contributed by atoms with Gasteiger partial charge in [-0.3, -0.25) is 0 Å². The van der Waals surface area contributed by atoms with Gasteiger partial charge in [0.15, 0.2) is 0 Å². The van der Waals surface area contributed by atoms with E-state index in [1.807, 2.05) is 0 Å². The van der Waals surface area contributed by atoms with Crippen LogP contribution >= 0.6 is 0 Å². The fourth-order valence-electron chi connectivity index (χ4n) is 5.06. The molecule has 2 aromatic carbocycles. The zero-order chi connectivity index (χ0) is 20.5. The molecule has 0 aromatic heterocycles. The first-order valence-electron chi connectivity index (χ1n) is 10.1. The van der Waals surface area contributed by atoms with Crippen LogP contribution in [0.25, 0.3) is 0 Å². The second kappa shape index (κ2) is 5.85. The number of benzene rings is 2. The minimum Gasteiger partial charge on any atom is -0.492 e. The smallest absolute Gasteiger partial charge is 0.335 e. The molecule has 3 heteroatoms. The fourth-order valence-corrected chi connectivity index (χ4v) is 5.06. The molecule has 1 heterocycles. The molecule has 2 aliphatic rings. The zero-order valence-corrected chi connectivity index (χ0v) is 17.8. The summed E-state index contributed by atoms with van der Waals surface area (Å²) in [5, 5.41) is 9.45. The summed E-state index contributed by atoms with van der Waals surface area (Å²) < 4.78 is 6.00. The van der Waals surface area contributed by atoms with Crippen LogP contribution in [0.3, 0.4) is 0 Å². The molecule has 1 unspecified atom stereocenters. The number of rotatable bonds is 2. The molecule has 0 fully saturated rings. The van der Waals surface area contributed by atoms with Gasteiger partial charge in [-0.25, -0.2) is 4.79 Å². The number of hydrogen-bond donors (Lipinski definition) is 1. The van der Waals surface area contributed by atoms with Gasteiger partial charge in [0.05, 0.1) is 11.0 Å². The Morgan fingerprint density at radius 2 is 1.50 bits per heavy atom. The molecule has 0 radical (unpaired) electrons. The summed E-state index contributed by atoms with van der Waals surface area (Å²) in [5.74, 6) is -0.105. The van der Waals surface area contributed by atoms with Crippen molar-refractivity contribution in [1.29, 1.82) is 0 Å². The van der Waals surface area contributed by atoms with E-state index in [1.165, 1.54) is 35.1 Å². The lowest BCUT2D eigenvalue weighted by Crippen LogP contribution is -2.35. The van der Waals surface area contributed by atoms with Crippen LogP contribution in [0.5, 0.6) is 5.75 Å². The van der Waals surface area contributed by atoms with Gasteiger partial charge < -0.3 is 9.84 Å². The van der Waals surface area contributed by atoms with Crippen molar-refractivity contribution in [2.45, 2.75) is 70.6 Å². The average molecular weight is 379 g/mol. The minimum absolute atomic E-state index is 0.134. The lowest BCUT2D eigenvalue weighted by Gasteiger charge is -2.43. The van der Waals surface area contributed by atoms with Crippen LogP contribution in [0.1, 0.15) is 85.6 Å². The van der Waals surface area contributed by atoms with Gasteiger partial charge in [-0.15, -0.1) is 0 Å². The maximum atomic E-state index is 11.5. The predicted molar refractivity (Wildman–Crippen MR) is 112 cm³/mol. The monoisotopic (exact) mass is 378 g/mol. The third-order valence-corrected chi connectivity index (χ3v) is 7.13. The van der Waals surface area contributed by atoms with E-state index in [-0.39, 0.29) is 16.2 Å². The maximum absolute atomic E-state index is 11.5. The Balaban J connectivity index is 1.93. The van der Waals surface area contributed by atoms with E-state index in [0.29, 0.717) is 12.2 Å². The zero-order valence-electron chi connectivity index (χ0n) is 17.8. The highest BCUT2D eigenvalue weighted by molar-refractivity contribution is 5.88. The SMILES string of the molecule is Cc1cc2c(cc1C1(C)COc3ccc(C(=O)O)cc31)C(C)(C)CCC2(C)C. The highest BCUT2D eigenvalue weighted by atomic mass is 16.5. The Morgan fingerprint density at radius 3 is 2.11 bits per heavy atom. The van der Waals surface area contributed by atoms with E-state index < -0.39 is 5.97 Å². The van der Waals surface area contributed by atoms with Gasteiger partial charge in [-0.2, -0.15) is 0 Å². The molecule has 0 saturated heterocycles. The van der Waals surface area contributed by atoms with E-state index >= 15 is 0 Å². The third-order valence-electron chi connectivity index (χ3n) is 7.13. The number of ether oxygens (including phenoxy) is 1. The summed E-state index contributed by atoms with van der Waals surface area (Å²) in [5.41, 5.74) is 6.63. The van der Waals surface area contributed by atoms with Crippen molar-refractivity contribution in [3.05, 3.63) is 63.7 Å². The molecule has 0 amide bonds. The molecule has 0 spiro atoms. The molecule has 148 valence electrons. The first-order chi connectivity index (χ1) is 13.0. The normalized spacial score (nSPS) is 24.2. The summed E-state index contributed by atoms with van der Waals surface area (Å²) >= 11 is 0. The van der Waals surface area contributed by atoms with E-state index in [0.717, 1.165) is 11.3 Å². The van der Waals surface area contributed by atoms with Crippen LogP contribution in [0.2, 0.25) is 0 Å². The Morgan fingerprint density at radius 1 is 0.893 bits per heavy atom. The Kier molecular flexibility index (Phi) is 3.98. The quantitative estimate of drug-likeness (QED) is 0.725. The Labute approximate surface area is 167 Å². The van der Waals surface area contributed by atoms with Crippen molar-refractivity contribution in [3.8, 4) is 5.75 Å². The highest BCUT2D eigenvalue weighted by Gasteiger charge is 2.43. The van der Waals surface area contributed by atoms with Gasteiger partial charge >= 0.3 is 5.97 Å². The number of carboxylic acid groups (broad SMARTS) is 1. The molecular weight excluding hydrogens is 348 g/mol. The van der Waals surface area contributed by atoms with Gasteiger partial charge in [-0.1, -0.05) is 39.8 Å². The number of carboxylic acids is 1. The van der Waals surface area contributed by atoms with Crippen molar-refractivity contribution < 1.29 is 14.6 Å². The predicted octanol–water partition coefficient (Wildman–Crippen LogP) is 5.74. The lowest BCUT2D eigenvalue weighted by molar-refractivity contribution is 0.0696. The largest absolute Gasteiger partial charge is 0.492 e. The van der Waals surface area contributed by atoms with Gasteiger partial charge in [0, 0.05) is 5.56 Å². The number of aryl methyl sites for hydroxylation is 1. The molecule has 1 atom stereocenters. The van der Waals surface area contributed by atoms with Crippen LogP contribution in [0, 0.1) is 6.92 Å². The summed E-state index contributed by atoms with van der Waals surface area (Å²) in [7, 11) is 0. The van der Waals surface area contributed by atoms with Crippen LogP contribution in [-0.2, 0) is 16.2 Å². The first-order valence-corrected chi connectivity index (χ1v) is 10.1. The van der Waals surface area contributed by atoms with E-state index in [1.54, 1.807) is 18.2 Å². The van der Waals surface area contributed by atoms with Crippen molar-refractivity contribution in [1.82, 2.24) is 0 Å². The van der Waals surface area contributed by atoms with Gasteiger partial charge in [0.2, 0.25) is 0 Å². The topological polar surface area (TPSA) is 46.5 Å². The van der Waals surface area contributed by atoms with Crippen LogP contribution in [-0.4, -0.2) is 17.7 Å². The highest BCUT2D eigenvalue weighted by Crippen LogP contribution is 2.50. The maximum Gasteiger partial charge on any atom is 0.335 e. The lowest BCUT2D eigenvalue weighted by atomic mass is 9.61. The molecule has 1 aliphatic heterocycles. The van der Waals surface area contributed by atoms with Crippen LogP contribution < -0.4 is 4.74 Å². The summed E-state index contributed by atoms with van der Waals surface area (Å²) in [4.78, 5) is 11.5. The van der Waals surface area contributed by atoms with Crippen molar-refractivity contribution in [2.75, 3.05) is 6.61 Å². The first kappa shape index (κ1) is 19.0. The van der Waals surface area contributed by atoms with Crippen LogP contribution in [0.15, 0.2) is 30.3 Å². The van der Waals surface area contributed by atoms with E-state index in [2.05, 4.69) is 53.7 Å². The molecule has 0 bridgehead atoms. The van der Waals surface area contributed by atoms with Gasteiger partial charge in [0.25, 0.3) is 0 Å². The average Bonchev–Trinajstić information content (AvgIpc) is 2.96. The molecule has 1 N–H and O–H groups in total. The molecule has 0 saturated carbocycles. The Bertz CT molecular complexity index is 984. The molecule has 3 nitrogen and oxygen atoms in total. The van der Waals surface area contributed by atoms with Crippen molar-refractivity contribution in [3.63, 3.8) is 0 Å². The second-order valence-electron chi connectivity index (χ2n) is 10.1. The molecular formula is C25H30O3. The number of fused-ring (bicyclic) bond motifs is 2. The van der Waals surface area contributed by atoms with E-state index in [9.17, 15) is 9.90 Å². The van der Waals surface area contributed by atoms with E-state index in [4.69, 9.17) is 4.74 Å². The minimum atomic E-state index is -0.901. The van der Waals surface area contributed by atoms with Gasteiger partial charge in [-0.05, 0) is 78.0 Å². The summed E-state index contributed by atoms with van der Waals surface area (Å²) in [6.07, 6.45) is 2.36. The molecule has 28 heavy (non-hydrogen) atoms. The summed E-state index contributed by atoms with van der Waals surface area (Å²) in [6, 6.07) is 9.97. The molecule has 1 aliphatic carbocycles. The second-order valence-corrected chi connectivity index (χ2v) is 10.1. The summed E-state index contributed by atoms with van der Waals surface area (Å²) in [6.45, 7) is 14.3. The standard InChI is InChI=1S/C25H30O3/c1-15-11-18-19(24(4,5)10-9-23(18,2)3)13-17(15)25(6)14-28-21-8-7-16(22(26)27)12-20(21)25/h7-8,11-13H,9-10,14H2,1-6H3,(H,26,27).